The number of rotatable bonds is 14. The number of benzene rings is 4. The number of carboxylic acids is 2. The maximum absolute atomic E-state index is 13.9. The Labute approximate surface area is 327 Å². The fourth-order valence-corrected chi connectivity index (χ4v) is 9.34. The molecule has 2 amide bonds. The lowest BCUT2D eigenvalue weighted by atomic mass is 9.86. The zero-order chi connectivity index (χ0) is 39.8. The number of carbonyl (C=O) groups excluding carboxylic acids is 2. The van der Waals surface area contributed by atoms with Gasteiger partial charge in [0.1, 0.15) is 0 Å². The highest BCUT2D eigenvalue weighted by Gasteiger charge is 2.35. The van der Waals surface area contributed by atoms with Crippen LogP contribution in [-0.2, 0) is 27.7 Å². The molecule has 0 unspecified atom stereocenters. The molecule has 1 heterocycles. The molecular formula is C43H48N4O8S. The van der Waals surface area contributed by atoms with Crippen LogP contribution in [0.1, 0.15) is 94.1 Å². The summed E-state index contributed by atoms with van der Waals surface area (Å²) in [6, 6.07) is 25.1. The molecule has 2 aliphatic rings. The Bertz CT molecular complexity index is 2160. The van der Waals surface area contributed by atoms with Gasteiger partial charge in [-0.05, 0) is 130 Å². The van der Waals surface area contributed by atoms with E-state index < -0.39 is 39.7 Å². The second-order valence-electron chi connectivity index (χ2n) is 14.5. The first-order valence-corrected chi connectivity index (χ1v) is 20.6. The summed E-state index contributed by atoms with van der Waals surface area (Å²) in [5.74, 6) is -3.29. The fourth-order valence-electron chi connectivity index (χ4n) is 7.60. The highest BCUT2D eigenvalue weighted by Crippen LogP contribution is 2.32. The van der Waals surface area contributed by atoms with Crippen molar-refractivity contribution in [3.63, 3.8) is 0 Å². The van der Waals surface area contributed by atoms with Crippen molar-refractivity contribution in [2.45, 2.75) is 75.6 Å². The zero-order valence-electron chi connectivity index (χ0n) is 31.4. The standard InChI is InChI=1S/C43H48N4O8S/c1-2-47(35-21-17-32(18-22-35)43(52)53)56(54,55)37-8-6-7-33(27-37)40(48)45-39-24-23-36(46-25-4-3-5-26-46)28-38(39)41(49)44-34-19-13-30(14-20-34)10-9-29-11-15-31(16-12-29)42(50)51/h6-8,11-16,19-20,23-24,27-28,32,35H,2-5,9-10,17-18,21-22,25-26H2,1H3,(H,44,49)(H,45,48)(H,50,51)(H,52,53)/t32-,35-. The van der Waals surface area contributed by atoms with Gasteiger partial charge in [-0.2, -0.15) is 4.31 Å². The van der Waals surface area contributed by atoms with Gasteiger partial charge in [-0.1, -0.05) is 37.3 Å². The lowest BCUT2D eigenvalue weighted by Crippen LogP contribution is -2.42. The molecule has 4 N–H and O–H groups in total. The maximum atomic E-state index is 13.9. The van der Waals surface area contributed by atoms with E-state index in [2.05, 4.69) is 15.5 Å². The summed E-state index contributed by atoms with van der Waals surface area (Å²) in [4.78, 5) is 52.5. The van der Waals surface area contributed by atoms with Gasteiger partial charge in [0.05, 0.1) is 27.6 Å². The summed E-state index contributed by atoms with van der Waals surface area (Å²) in [6.07, 6.45) is 6.36. The van der Waals surface area contributed by atoms with Crippen LogP contribution in [0.2, 0.25) is 0 Å². The van der Waals surface area contributed by atoms with Crippen LogP contribution in [0, 0.1) is 5.92 Å². The molecule has 294 valence electrons. The molecule has 1 saturated carbocycles. The van der Waals surface area contributed by atoms with Crippen molar-refractivity contribution in [2.24, 2.45) is 5.92 Å². The molecule has 0 aromatic heterocycles. The first-order valence-electron chi connectivity index (χ1n) is 19.2. The molecule has 13 heteroatoms. The summed E-state index contributed by atoms with van der Waals surface area (Å²) in [5.41, 5.74) is 4.38. The molecule has 6 rings (SSSR count). The predicted molar refractivity (Wildman–Crippen MR) is 215 cm³/mol. The molecule has 4 aromatic rings. The third-order valence-corrected chi connectivity index (χ3v) is 12.8. The molecule has 1 aliphatic heterocycles. The van der Waals surface area contributed by atoms with Gasteiger partial charge >= 0.3 is 11.9 Å². The van der Waals surface area contributed by atoms with E-state index in [1.807, 2.05) is 42.5 Å². The topological polar surface area (TPSA) is 173 Å². The van der Waals surface area contributed by atoms with Crippen LogP contribution >= 0.6 is 0 Å². The molecule has 12 nitrogen and oxygen atoms in total. The van der Waals surface area contributed by atoms with Crippen molar-refractivity contribution >= 4 is 50.8 Å². The van der Waals surface area contributed by atoms with Gasteiger partial charge in [-0.3, -0.25) is 14.4 Å². The Morgan fingerprint density at radius 2 is 1.38 bits per heavy atom. The van der Waals surface area contributed by atoms with Crippen LogP contribution in [0.25, 0.3) is 0 Å². The monoisotopic (exact) mass is 780 g/mol. The van der Waals surface area contributed by atoms with Crippen molar-refractivity contribution in [3.05, 3.63) is 119 Å². The summed E-state index contributed by atoms with van der Waals surface area (Å²) >= 11 is 0. The summed E-state index contributed by atoms with van der Waals surface area (Å²) in [6.45, 7) is 3.67. The number of hydrogen-bond acceptors (Lipinski definition) is 7. The van der Waals surface area contributed by atoms with Crippen molar-refractivity contribution in [1.82, 2.24) is 4.31 Å². The lowest BCUT2D eigenvalue weighted by molar-refractivity contribution is -0.143. The number of sulfonamides is 1. The van der Waals surface area contributed by atoms with Crippen LogP contribution < -0.4 is 15.5 Å². The zero-order valence-corrected chi connectivity index (χ0v) is 32.3. The van der Waals surface area contributed by atoms with Crippen molar-refractivity contribution in [3.8, 4) is 0 Å². The highest BCUT2D eigenvalue weighted by atomic mass is 32.2. The molecular weight excluding hydrogens is 733 g/mol. The van der Waals surface area contributed by atoms with Crippen LogP contribution in [0.5, 0.6) is 0 Å². The van der Waals surface area contributed by atoms with Gasteiger partial charge < -0.3 is 25.7 Å². The Hall–Kier alpha value is -5.53. The second-order valence-corrected chi connectivity index (χ2v) is 16.4. The smallest absolute Gasteiger partial charge is 0.335 e. The number of nitrogens with zero attached hydrogens (tertiary/aromatic N) is 2. The number of hydrogen-bond donors (Lipinski definition) is 4. The van der Waals surface area contributed by atoms with Gasteiger partial charge in [0.25, 0.3) is 11.8 Å². The van der Waals surface area contributed by atoms with E-state index in [0.29, 0.717) is 31.4 Å². The quantitative estimate of drug-likeness (QED) is 0.102. The normalized spacial score (nSPS) is 17.3. The Balaban J connectivity index is 1.17. The Morgan fingerprint density at radius 1 is 0.732 bits per heavy atom. The van der Waals surface area contributed by atoms with Gasteiger partial charge in [-0.25, -0.2) is 13.2 Å². The predicted octanol–water partition coefficient (Wildman–Crippen LogP) is 7.32. The van der Waals surface area contributed by atoms with Crippen LogP contribution in [0.3, 0.4) is 0 Å². The van der Waals surface area contributed by atoms with Gasteiger partial charge in [0, 0.05) is 42.6 Å². The highest BCUT2D eigenvalue weighted by molar-refractivity contribution is 7.89. The molecule has 0 radical (unpaired) electrons. The Morgan fingerprint density at radius 3 is 1.98 bits per heavy atom. The number of aryl methyl sites for hydroxylation is 2. The van der Waals surface area contributed by atoms with E-state index in [1.165, 1.54) is 28.6 Å². The molecule has 0 bridgehead atoms. The van der Waals surface area contributed by atoms with Crippen LogP contribution in [0.15, 0.2) is 95.9 Å². The fraction of sp³-hybridized carbons (Fsp3) is 0.349. The number of nitrogens with one attached hydrogen (secondary N) is 2. The molecule has 2 fully saturated rings. The number of carboxylic acid groups (broad SMARTS) is 2. The van der Waals surface area contributed by atoms with E-state index >= 15 is 0 Å². The van der Waals surface area contributed by atoms with Crippen LogP contribution in [0.4, 0.5) is 17.1 Å². The van der Waals surface area contributed by atoms with Gasteiger partial charge in [0.2, 0.25) is 10.0 Å². The first-order chi connectivity index (χ1) is 26.9. The van der Waals surface area contributed by atoms with E-state index in [-0.39, 0.29) is 39.9 Å². The third-order valence-electron chi connectivity index (χ3n) is 10.8. The SMILES string of the molecule is CCN([C@H]1CC[C@H](C(=O)O)CC1)S(=O)(=O)c1cccc(C(=O)Nc2ccc(N3CCCCC3)cc2C(=O)Nc2ccc(CCc3ccc(C(=O)O)cc3)cc2)c1. The summed E-state index contributed by atoms with van der Waals surface area (Å²) in [5, 5.41) is 24.4. The molecule has 56 heavy (non-hydrogen) atoms. The van der Waals surface area contributed by atoms with Gasteiger partial charge in [-0.15, -0.1) is 0 Å². The number of anilines is 3. The number of piperidine rings is 1. The van der Waals surface area contributed by atoms with Crippen molar-refractivity contribution in [2.75, 3.05) is 35.2 Å². The third kappa shape index (κ3) is 9.64. The Kier molecular flexibility index (Phi) is 12.9. The number of aliphatic carboxylic acids is 1. The van der Waals surface area contributed by atoms with Crippen molar-refractivity contribution in [1.29, 1.82) is 0 Å². The summed E-state index contributed by atoms with van der Waals surface area (Å²) in [7, 11) is -4.00. The van der Waals surface area contributed by atoms with Crippen molar-refractivity contribution < 1.29 is 37.8 Å². The van der Waals surface area contributed by atoms with E-state index in [0.717, 1.165) is 62.0 Å². The molecule has 1 aliphatic carbocycles. The molecule has 0 atom stereocenters. The largest absolute Gasteiger partial charge is 0.481 e. The van der Waals surface area contributed by atoms with E-state index in [9.17, 15) is 32.7 Å². The van der Waals surface area contributed by atoms with E-state index in [1.54, 1.807) is 31.2 Å². The number of carbonyl (C=O) groups is 4. The average molecular weight is 781 g/mol. The molecule has 0 spiro atoms. The average Bonchev–Trinajstić information content (AvgIpc) is 3.21. The van der Waals surface area contributed by atoms with Crippen LogP contribution in [-0.4, -0.2) is 72.4 Å². The maximum Gasteiger partial charge on any atom is 0.335 e. The minimum absolute atomic E-state index is 0.0367. The van der Waals surface area contributed by atoms with E-state index in [4.69, 9.17) is 5.11 Å². The summed E-state index contributed by atoms with van der Waals surface area (Å²) < 4.78 is 29.1. The lowest BCUT2D eigenvalue weighted by Gasteiger charge is -2.34. The molecule has 1 saturated heterocycles. The first kappa shape index (κ1) is 40.1. The number of aromatic carboxylic acids is 1. The number of amides is 2. The minimum atomic E-state index is -4.00. The van der Waals surface area contributed by atoms with Gasteiger partial charge in [0.15, 0.2) is 0 Å². The second kappa shape index (κ2) is 17.9. The molecule has 4 aromatic carbocycles. The minimum Gasteiger partial charge on any atom is -0.481 e.